The van der Waals surface area contributed by atoms with Crippen molar-refractivity contribution in [3.05, 3.63) is 0 Å². The first-order chi connectivity index (χ1) is 0. The molecule has 0 aliphatic rings. The summed E-state index contributed by atoms with van der Waals surface area (Å²) in [6.07, 6.45) is 0. The molecule has 0 nitrogen and oxygen atoms in total. The monoisotopic (exact) mass is 384 g/mol. The molecule has 0 aromatic heterocycles. The van der Waals surface area contributed by atoms with Crippen molar-refractivity contribution in [2.75, 3.05) is 0 Å². The Morgan fingerprint density at radius 3 is 0.100 bits per heavy atom. The van der Waals surface area contributed by atoms with Crippen LogP contribution in [0.3, 0.4) is 0 Å². The molecule has 0 aliphatic heterocycles. The molecule has 0 fully saturated rings. The van der Waals surface area contributed by atoms with Crippen LogP contribution in [0.1, 0.15) is 0 Å². The summed E-state index contributed by atoms with van der Waals surface area (Å²) in [7, 11) is 0. The van der Waals surface area contributed by atoms with Crippen LogP contribution in [0, 0.1) is 0 Å². The Kier molecular flexibility index (Phi) is 169000000. The Bertz CT molecular complexity index is 5.73. The van der Waals surface area contributed by atoms with Gasteiger partial charge < -0.3 is 89.4 Å². The molecule has 0 heterocycles. The molecule has 0 amide bonds. The van der Waals surface area contributed by atoms with Crippen molar-refractivity contribution < 1.29 is 119 Å². The standard InChI is InChI=1S/19FH.Na/h19*1H;/q;;;;;;;;;;;;;;;;;;;+1/p-19. The van der Waals surface area contributed by atoms with Gasteiger partial charge in [0, 0.05) is 0 Å². The van der Waals surface area contributed by atoms with Crippen LogP contribution in [-0.4, -0.2) is 0 Å². The minimum atomic E-state index is 0. The van der Waals surface area contributed by atoms with Gasteiger partial charge in [-0.2, -0.15) is 0 Å². The first-order valence-corrected chi connectivity index (χ1v) is 0. The number of rotatable bonds is 0. The first kappa shape index (κ1) is 63000. The third kappa shape index (κ3) is 45100. The molecule has 152 valence electrons. The molecule has 0 radical (unpaired) electrons. The minimum absolute atomic E-state index is 0. The average molecular weight is 384 g/mol. The Morgan fingerprint density at radius 1 is 0.100 bits per heavy atom. The molecule has 0 rings (SSSR count). The Hall–Kier alpha value is -0.330. The molecule has 0 saturated carbocycles. The fraction of sp³-hybridized carbons (Fsp3) is 0. The van der Waals surface area contributed by atoms with Gasteiger partial charge in [-0.05, 0) is 0 Å². The van der Waals surface area contributed by atoms with Gasteiger partial charge in [-0.3, -0.25) is 0 Å². The first-order valence-electron chi connectivity index (χ1n) is 0. The second-order valence-electron chi connectivity index (χ2n) is 0. The maximum atomic E-state index is 0. The van der Waals surface area contributed by atoms with Crippen molar-refractivity contribution in [3.8, 4) is 0 Å². The second kappa shape index (κ2) is 53500. The van der Waals surface area contributed by atoms with Crippen LogP contribution in [-0.2, 0) is 0 Å². The van der Waals surface area contributed by atoms with Gasteiger partial charge in [-0.1, -0.05) is 0 Å². The summed E-state index contributed by atoms with van der Waals surface area (Å²) in [5.74, 6) is 0. The van der Waals surface area contributed by atoms with Gasteiger partial charge in [0.05, 0.1) is 0 Å². The zero-order valence-electron chi connectivity index (χ0n) is 8.18. The predicted molar refractivity (Wildman–Crippen MR) is 0 cm³/mol. The molecule has 0 aromatic carbocycles. The van der Waals surface area contributed by atoms with E-state index in [4.69, 9.17) is 0 Å². The topological polar surface area (TPSA) is 0 Å². The quantitative estimate of drug-likeness (QED) is 0.288. The molecule has 0 aliphatic carbocycles. The van der Waals surface area contributed by atoms with Crippen molar-refractivity contribution in [1.82, 2.24) is 0 Å². The van der Waals surface area contributed by atoms with E-state index in [1.54, 1.807) is 0 Å². The van der Waals surface area contributed by atoms with E-state index in [0.29, 0.717) is 0 Å². The molecular formula is F19Na-18. The maximum absolute atomic E-state index is 0. The maximum Gasteiger partial charge on any atom is 1.00 e. The van der Waals surface area contributed by atoms with Crippen molar-refractivity contribution in [2.45, 2.75) is 0 Å². The molecule has 0 spiro atoms. The van der Waals surface area contributed by atoms with E-state index in [0.717, 1.165) is 0 Å². The normalized spacial score (nSPS) is 0. The van der Waals surface area contributed by atoms with Gasteiger partial charge in [-0.15, -0.1) is 0 Å². The molecule has 0 atom stereocenters. The fourth-order valence-electron chi connectivity index (χ4n) is 0. The predicted octanol–water partition coefficient (Wildman–Crippen LogP) is -59.9. The van der Waals surface area contributed by atoms with Crippen LogP contribution in [0.4, 0.5) is 0 Å². The van der Waals surface area contributed by atoms with Crippen molar-refractivity contribution in [3.63, 3.8) is 0 Å². The van der Waals surface area contributed by atoms with Gasteiger partial charge in [0.1, 0.15) is 0 Å². The molecule has 20 heteroatoms. The smallest absolute Gasteiger partial charge is 1.00 e. The van der Waals surface area contributed by atoms with Gasteiger partial charge in [-0.25, -0.2) is 0 Å². The van der Waals surface area contributed by atoms with E-state index in [9.17, 15) is 0 Å². The van der Waals surface area contributed by atoms with E-state index in [1.165, 1.54) is 0 Å². The number of hydrogen-bond donors (Lipinski definition) is 0. The molecule has 0 aromatic rings. The van der Waals surface area contributed by atoms with Crippen LogP contribution in [0.15, 0.2) is 0 Å². The zero-order valence-corrected chi connectivity index (χ0v) is 10.2. The van der Waals surface area contributed by atoms with E-state index in [2.05, 4.69) is 0 Å². The van der Waals surface area contributed by atoms with Gasteiger partial charge in [0.15, 0.2) is 0 Å². The van der Waals surface area contributed by atoms with E-state index in [-0.39, 0.29) is 119 Å². The summed E-state index contributed by atoms with van der Waals surface area (Å²) < 4.78 is 0. The summed E-state index contributed by atoms with van der Waals surface area (Å²) in [5.41, 5.74) is 0. The summed E-state index contributed by atoms with van der Waals surface area (Å²) in [6.45, 7) is 0. The molecule has 0 saturated heterocycles. The summed E-state index contributed by atoms with van der Waals surface area (Å²) in [5, 5.41) is 0. The largest absolute Gasteiger partial charge is 1.00 e. The third-order valence-corrected chi connectivity index (χ3v) is 0. The van der Waals surface area contributed by atoms with Crippen LogP contribution in [0.25, 0.3) is 0 Å². The van der Waals surface area contributed by atoms with Gasteiger partial charge >= 0.3 is 29.6 Å². The van der Waals surface area contributed by atoms with Gasteiger partial charge in [0.25, 0.3) is 0 Å². The summed E-state index contributed by atoms with van der Waals surface area (Å²) >= 11 is 0. The van der Waals surface area contributed by atoms with Crippen molar-refractivity contribution >= 4 is 0 Å². The second-order valence-corrected chi connectivity index (χ2v) is 0. The summed E-state index contributed by atoms with van der Waals surface area (Å²) in [4.78, 5) is 0. The van der Waals surface area contributed by atoms with Crippen molar-refractivity contribution in [2.24, 2.45) is 0 Å². The SMILES string of the molecule is [F-].[F-].[F-].[F-].[F-].[F-].[F-].[F-].[F-].[F-].[F-].[F-].[F-].[F-].[F-].[F-].[F-].[F-].[F-].[Na+]. The van der Waals surface area contributed by atoms with Crippen LogP contribution in [0.2, 0.25) is 0 Å². The Morgan fingerprint density at radius 2 is 0.100 bits per heavy atom. The van der Waals surface area contributed by atoms with E-state index >= 15 is 0 Å². The van der Waals surface area contributed by atoms with Crippen LogP contribution >= 0.6 is 0 Å². The Balaban J connectivity index is 0. The van der Waals surface area contributed by atoms with E-state index in [1.807, 2.05) is 0 Å². The molecular weight excluding hydrogens is 384 g/mol. The molecule has 0 unspecified atom stereocenters. The number of hydrogen-bond acceptors (Lipinski definition) is 0. The molecule has 0 N–H and O–H groups in total. The minimum Gasteiger partial charge on any atom is -1.00 e. The third-order valence-electron chi connectivity index (χ3n) is 0. The fourth-order valence-corrected chi connectivity index (χ4v) is 0. The van der Waals surface area contributed by atoms with E-state index < -0.39 is 0 Å². The molecule has 0 bridgehead atoms. The van der Waals surface area contributed by atoms with Gasteiger partial charge in [0.2, 0.25) is 0 Å². The summed E-state index contributed by atoms with van der Waals surface area (Å²) in [6, 6.07) is 0. The number of halogens is 19. The van der Waals surface area contributed by atoms with Crippen molar-refractivity contribution in [1.29, 1.82) is 0 Å². The Labute approximate surface area is 120 Å². The van der Waals surface area contributed by atoms with Crippen LogP contribution in [0.5, 0.6) is 0 Å². The molecule has 20 heavy (non-hydrogen) atoms. The average Bonchev–Trinajstić information content (AvgIpc) is 0. The van der Waals surface area contributed by atoms with Crippen LogP contribution < -0.4 is 119 Å². The zero-order chi connectivity index (χ0) is 0.